The number of anilines is 1. The largest absolute Gasteiger partial charge is 0.478 e. The van der Waals surface area contributed by atoms with Gasteiger partial charge in [-0.05, 0) is 24.7 Å². The lowest BCUT2D eigenvalue weighted by molar-refractivity contribution is 0.0697. The monoisotopic (exact) mass is 259 g/mol. The Bertz CT molecular complexity index is 514. The first-order chi connectivity index (χ1) is 9.15. The van der Waals surface area contributed by atoms with Crippen LogP contribution in [0.2, 0.25) is 0 Å². The summed E-state index contributed by atoms with van der Waals surface area (Å²) in [6.45, 7) is 6.86. The lowest BCUT2D eigenvalue weighted by Crippen LogP contribution is -2.46. The van der Waals surface area contributed by atoms with E-state index >= 15 is 0 Å². The normalized spacial score (nSPS) is 16.1. The lowest BCUT2D eigenvalue weighted by Gasteiger charge is -2.35. The van der Waals surface area contributed by atoms with Crippen LogP contribution in [0.3, 0.4) is 0 Å². The van der Waals surface area contributed by atoms with Crippen molar-refractivity contribution in [3.8, 4) is 6.07 Å². The van der Waals surface area contributed by atoms with Gasteiger partial charge >= 0.3 is 5.97 Å². The van der Waals surface area contributed by atoms with Crippen LogP contribution in [0.1, 0.15) is 22.8 Å². The van der Waals surface area contributed by atoms with Crippen molar-refractivity contribution in [2.24, 2.45) is 0 Å². The number of piperazine rings is 1. The highest BCUT2D eigenvalue weighted by atomic mass is 16.4. The maximum Gasteiger partial charge on any atom is 0.335 e. The second kappa shape index (κ2) is 5.72. The van der Waals surface area contributed by atoms with E-state index in [1.165, 1.54) is 6.07 Å². The van der Waals surface area contributed by atoms with E-state index in [0.717, 1.165) is 38.4 Å². The summed E-state index contributed by atoms with van der Waals surface area (Å²) in [6.07, 6.45) is 0. The number of carboxylic acid groups (broad SMARTS) is 1. The summed E-state index contributed by atoms with van der Waals surface area (Å²) in [5, 5.41) is 18.1. The van der Waals surface area contributed by atoms with E-state index in [0.29, 0.717) is 5.56 Å². The molecule has 1 aliphatic rings. The maximum absolute atomic E-state index is 10.9. The van der Waals surface area contributed by atoms with Crippen molar-refractivity contribution in [2.45, 2.75) is 6.92 Å². The molecular weight excluding hydrogens is 242 g/mol. The van der Waals surface area contributed by atoms with E-state index in [-0.39, 0.29) is 5.56 Å². The molecule has 0 amide bonds. The molecule has 0 aliphatic carbocycles. The van der Waals surface area contributed by atoms with Gasteiger partial charge in [0.2, 0.25) is 0 Å². The first-order valence-electron chi connectivity index (χ1n) is 6.40. The number of carbonyl (C=O) groups is 1. The Morgan fingerprint density at radius 1 is 1.37 bits per heavy atom. The third-order valence-corrected chi connectivity index (χ3v) is 3.52. The molecule has 5 heteroatoms. The molecule has 0 radical (unpaired) electrons. The zero-order valence-corrected chi connectivity index (χ0v) is 11.0. The molecule has 5 nitrogen and oxygen atoms in total. The first kappa shape index (κ1) is 13.4. The van der Waals surface area contributed by atoms with Crippen LogP contribution in [-0.2, 0) is 0 Å². The van der Waals surface area contributed by atoms with Gasteiger partial charge in [-0.1, -0.05) is 6.92 Å². The predicted octanol–water partition coefficient (Wildman–Crippen LogP) is 1.40. The molecule has 1 aliphatic heterocycles. The van der Waals surface area contributed by atoms with Crippen molar-refractivity contribution >= 4 is 11.7 Å². The van der Waals surface area contributed by atoms with Gasteiger partial charge in [0, 0.05) is 26.2 Å². The SMILES string of the molecule is CCN1CCN(c2ccc(C(=O)O)cc2C#N)CC1. The Morgan fingerprint density at radius 2 is 2.05 bits per heavy atom. The number of carboxylic acids is 1. The lowest BCUT2D eigenvalue weighted by atomic mass is 10.1. The third-order valence-electron chi connectivity index (χ3n) is 3.52. The number of nitriles is 1. The van der Waals surface area contributed by atoms with E-state index in [9.17, 15) is 10.1 Å². The molecule has 2 rings (SSSR count). The molecular formula is C14H17N3O2. The second-order valence-electron chi connectivity index (χ2n) is 4.57. The number of hydrogen-bond acceptors (Lipinski definition) is 4. The standard InChI is InChI=1S/C14H17N3O2/c1-2-16-5-7-17(8-6-16)13-4-3-11(14(18)19)9-12(13)10-15/h3-4,9H,2,5-8H2,1H3,(H,18,19). The first-order valence-corrected chi connectivity index (χ1v) is 6.40. The molecule has 1 saturated heterocycles. The second-order valence-corrected chi connectivity index (χ2v) is 4.57. The van der Waals surface area contributed by atoms with Gasteiger partial charge < -0.3 is 14.9 Å². The summed E-state index contributed by atoms with van der Waals surface area (Å²) in [7, 11) is 0. The van der Waals surface area contributed by atoms with Crippen molar-refractivity contribution in [2.75, 3.05) is 37.6 Å². The maximum atomic E-state index is 10.9. The molecule has 0 bridgehead atoms. The molecule has 1 heterocycles. The average Bonchev–Trinajstić information content (AvgIpc) is 2.46. The third kappa shape index (κ3) is 2.85. The van der Waals surface area contributed by atoms with Crippen LogP contribution < -0.4 is 4.90 Å². The number of aromatic carboxylic acids is 1. The van der Waals surface area contributed by atoms with Gasteiger partial charge in [-0.3, -0.25) is 0 Å². The molecule has 1 aromatic rings. The average molecular weight is 259 g/mol. The minimum absolute atomic E-state index is 0.160. The molecule has 0 spiro atoms. The highest BCUT2D eigenvalue weighted by molar-refractivity contribution is 5.89. The van der Waals surface area contributed by atoms with Crippen LogP contribution in [-0.4, -0.2) is 48.7 Å². The van der Waals surface area contributed by atoms with Gasteiger partial charge in [-0.15, -0.1) is 0 Å². The Morgan fingerprint density at radius 3 is 2.58 bits per heavy atom. The van der Waals surface area contributed by atoms with Crippen molar-refractivity contribution in [3.63, 3.8) is 0 Å². The highest BCUT2D eigenvalue weighted by Crippen LogP contribution is 2.22. The van der Waals surface area contributed by atoms with Crippen LogP contribution in [0, 0.1) is 11.3 Å². The zero-order chi connectivity index (χ0) is 13.8. The molecule has 19 heavy (non-hydrogen) atoms. The smallest absolute Gasteiger partial charge is 0.335 e. The summed E-state index contributed by atoms with van der Waals surface area (Å²) in [5.74, 6) is -1.00. The molecule has 100 valence electrons. The van der Waals surface area contributed by atoms with Crippen molar-refractivity contribution in [1.29, 1.82) is 5.26 Å². The van der Waals surface area contributed by atoms with Crippen LogP contribution >= 0.6 is 0 Å². The number of hydrogen-bond donors (Lipinski definition) is 1. The number of rotatable bonds is 3. The highest BCUT2D eigenvalue weighted by Gasteiger charge is 2.19. The van der Waals surface area contributed by atoms with E-state index in [4.69, 9.17) is 5.11 Å². The quantitative estimate of drug-likeness (QED) is 0.888. The van der Waals surface area contributed by atoms with Crippen molar-refractivity contribution in [1.82, 2.24) is 4.90 Å². The minimum atomic E-state index is -1.00. The van der Waals surface area contributed by atoms with Crippen LogP contribution in [0.4, 0.5) is 5.69 Å². The molecule has 0 saturated carbocycles. The Balaban J connectivity index is 2.21. The van der Waals surface area contributed by atoms with Gasteiger partial charge in [0.05, 0.1) is 16.8 Å². The van der Waals surface area contributed by atoms with Crippen LogP contribution in [0.5, 0.6) is 0 Å². The number of benzene rings is 1. The number of likely N-dealkylation sites (N-methyl/N-ethyl adjacent to an activating group) is 1. The molecule has 1 fully saturated rings. The van der Waals surface area contributed by atoms with E-state index in [1.54, 1.807) is 12.1 Å². The molecule has 1 N–H and O–H groups in total. The Labute approximate surface area is 112 Å². The summed E-state index contributed by atoms with van der Waals surface area (Å²) in [5.41, 5.74) is 1.43. The van der Waals surface area contributed by atoms with Crippen molar-refractivity contribution in [3.05, 3.63) is 29.3 Å². The fourth-order valence-electron chi connectivity index (χ4n) is 2.34. The fraction of sp³-hybridized carbons (Fsp3) is 0.429. The van der Waals surface area contributed by atoms with Crippen molar-refractivity contribution < 1.29 is 9.90 Å². The molecule has 0 unspecified atom stereocenters. The zero-order valence-electron chi connectivity index (χ0n) is 11.0. The van der Waals surface area contributed by atoms with E-state index < -0.39 is 5.97 Å². The minimum Gasteiger partial charge on any atom is -0.478 e. The van der Waals surface area contributed by atoms with Gasteiger partial charge in [0.1, 0.15) is 6.07 Å². The summed E-state index contributed by atoms with van der Waals surface area (Å²) < 4.78 is 0. The Hall–Kier alpha value is -2.06. The van der Waals surface area contributed by atoms with Gasteiger partial charge in [0.25, 0.3) is 0 Å². The summed E-state index contributed by atoms with van der Waals surface area (Å²) in [4.78, 5) is 15.4. The van der Waals surface area contributed by atoms with E-state index in [2.05, 4.69) is 22.8 Å². The Kier molecular flexibility index (Phi) is 4.03. The summed E-state index contributed by atoms with van der Waals surface area (Å²) >= 11 is 0. The number of nitrogens with zero attached hydrogens (tertiary/aromatic N) is 3. The van der Waals surface area contributed by atoms with Crippen LogP contribution in [0.25, 0.3) is 0 Å². The molecule has 1 aromatic carbocycles. The van der Waals surface area contributed by atoms with Crippen LogP contribution in [0.15, 0.2) is 18.2 Å². The molecule has 0 atom stereocenters. The fourth-order valence-corrected chi connectivity index (χ4v) is 2.34. The summed E-state index contributed by atoms with van der Waals surface area (Å²) in [6, 6.07) is 6.84. The molecule has 0 aromatic heterocycles. The van der Waals surface area contributed by atoms with Gasteiger partial charge in [0.15, 0.2) is 0 Å². The van der Waals surface area contributed by atoms with Gasteiger partial charge in [-0.25, -0.2) is 4.79 Å². The van der Waals surface area contributed by atoms with Gasteiger partial charge in [-0.2, -0.15) is 5.26 Å². The topological polar surface area (TPSA) is 67.6 Å². The van der Waals surface area contributed by atoms with E-state index in [1.807, 2.05) is 0 Å². The predicted molar refractivity (Wildman–Crippen MR) is 72.4 cm³/mol.